The SMILES string of the molecule is CCOC(=O)C1CCCN1S(=O)(=O)N1CC(O)C1. The van der Waals surface area contributed by atoms with Gasteiger partial charge in [0.25, 0.3) is 10.2 Å². The van der Waals surface area contributed by atoms with Crippen LogP contribution >= 0.6 is 0 Å². The Bertz CT molecular complexity index is 418. The molecule has 0 aromatic carbocycles. The summed E-state index contributed by atoms with van der Waals surface area (Å²) in [6.45, 7) is 2.48. The molecule has 2 rings (SSSR count). The average molecular weight is 278 g/mol. The smallest absolute Gasteiger partial charge is 0.324 e. The van der Waals surface area contributed by atoms with Crippen molar-refractivity contribution in [2.24, 2.45) is 0 Å². The van der Waals surface area contributed by atoms with Crippen LogP contribution in [0.5, 0.6) is 0 Å². The molecule has 2 heterocycles. The summed E-state index contributed by atoms with van der Waals surface area (Å²) in [6.07, 6.45) is 0.552. The number of carbonyl (C=O) groups is 1. The maximum Gasteiger partial charge on any atom is 0.324 e. The average Bonchev–Trinajstić information content (AvgIpc) is 2.74. The number of nitrogens with zero attached hydrogens (tertiary/aromatic N) is 2. The minimum Gasteiger partial charge on any atom is -0.465 e. The molecule has 2 aliphatic heterocycles. The third-order valence-corrected chi connectivity index (χ3v) is 5.19. The third-order valence-electron chi connectivity index (χ3n) is 3.21. The highest BCUT2D eigenvalue weighted by molar-refractivity contribution is 7.86. The Morgan fingerprint density at radius 1 is 1.44 bits per heavy atom. The van der Waals surface area contributed by atoms with E-state index in [0.29, 0.717) is 19.4 Å². The molecule has 1 unspecified atom stereocenters. The first-order valence-electron chi connectivity index (χ1n) is 6.08. The molecule has 0 saturated carbocycles. The van der Waals surface area contributed by atoms with E-state index < -0.39 is 28.3 Å². The predicted molar refractivity (Wildman–Crippen MR) is 62.9 cm³/mol. The number of hydrogen-bond donors (Lipinski definition) is 1. The van der Waals surface area contributed by atoms with Gasteiger partial charge in [-0.15, -0.1) is 0 Å². The first kappa shape index (κ1) is 13.7. The van der Waals surface area contributed by atoms with Crippen molar-refractivity contribution in [3.8, 4) is 0 Å². The van der Waals surface area contributed by atoms with E-state index in [0.717, 1.165) is 0 Å². The summed E-state index contributed by atoms with van der Waals surface area (Å²) in [5.74, 6) is -0.486. The van der Waals surface area contributed by atoms with Crippen molar-refractivity contribution < 1.29 is 23.1 Å². The van der Waals surface area contributed by atoms with Gasteiger partial charge in [0.2, 0.25) is 0 Å². The van der Waals surface area contributed by atoms with E-state index in [1.807, 2.05) is 0 Å². The molecule has 2 fully saturated rings. The number of aliphatic hydroxyl groups is 1. The van der Waals surface area contributed by atoms with E-state index in [2.05, 4.69) is 0 Å². The van der Waals surface area contributed by atoms with Crippen LogP contribution in [-0.4, -0.2) is 66.5 Å². The number of aliphatic hydroxyl groups excluding tert-OH is 1. The lowest BCUT2D eigenvalue weighted by molar-refractivity contribution is -0.147. The summed E-state index contributed by atoms with van der Waals surface area (Å²) in [5, 5.41) is 9.17. The second-order valence-electron chi connectivity index (χ2n) is 4.50. The number of esters is 1. The standard InChI is InChI=1S/C10H18N2O5S/c1-2-17-10(14)9-4-3-5-12(9)18(15,16)11-6-8(13)7-11/h8-9,13H,2-7H2,1H3. The zero-order chi connectivity index (χ0) is 13.3. The molecule has 0 aromatic rings. The van der Waals surface area contributed by atoms with Crippen LogP contribution in [0.25, 0.3) is 0 Å². The molecule has 0 aromatic heterocycles. The lowest BCUT2D eigenvalue weighted by Gasteiger charge is -2.38. The molecule has 8 heteroatoms. The van der Waals surface area contributed by atoms with Crippen molar-refractivity contribution in [2.45, 2.75) is 31.9 Å². The van der Waals surface area contributed by atoms with E-state index in [4.69, 9.17) is 9.84 Å². The Morgan fingerprint density at radius 2 is 2.11 bits per heavy atom. The Balaban J connectivity index is 2.09. The van der Waals surface area contributed by atoms with Crippen LogP contribution in [0.3, 0.4) is 0 Å². The zero-order valence-electron chi connectivity index (χ0n) is 10.3. The van der Waals surface area contributed by atoms with Crippen LogP contribution < -0.4 is 0 Å². The lowest BCUT2D eigenvalue weighted by atomic mass is 10.2. The molecule has 2 saturated heterocycles. The number of β-amino-alcohol motifs (C(OH)–C–C–N with tert-alkyl or cyclic N) is 1. The van der Waals surface area contributed by atoms with Gasteiger partial charge >= 0.3 is 5.97 Å². The lowest BCUT2D eigenvalue weighted by Crippen LogP contribution is -2.59. The Kier molecular flexibility index (Phi) is 3.90. The van der Waals surface area contributed by atoms with Crippen LogP contribution in [0, 0.1) is 0 Å². The molecule has 0 spiro atoms. The third kappa shape index (κ3) is 2.37. The zero-order valence-corrected chi connectivity index (χ0v) is 11.1. The molecular weight excluding hydrogens is 260 g/mol. The van der Waals surface area contributed by atoms with Gasteiger partial charge in [-0.3, -0.25) is 4.79 Å². The molecule has 18 heavy (non-hydrogen) atoms. The van der Waals surface area contributed by atoms with Crippen molar-refractivity contribution in [1.82, 2.24) is 8.61 Å². The second kappa shape index (κ2) is 5.12. The van der Waals surface area contributed by atoms with Crippen molar-refractivity contribution in [1.29, 1.82) is 0 Å². The molecule has 0 aliphatic carbocycles. The van der Waals surface area contributed by atoms with Crippen LogP contribution in [0.15, 0.2) is 0 Å². The number of hydrogen-bond acceptors (Lipinski definition) is 5. The fourth-order valence-electron chi connectivity index (χ4n) is 2.24. The number of ether oxygens (including phenoxy) is 1. The van der Waals surface area contributed by atoms with Crippen LogP contribution in [-0.2, 0) is 19.7 Å². The van der Waals surface area contributed by atoms with Crippen LogP contribution in [0.2, 0.25) is 0 Å². The number of carbonyl (C=O) groups excluding carboxylic acids is 1. The first-order valence-corrected chi connectivity index (χ1v) is 7.48. The summed E-state index contributed by atoms with van der Waals surface area (Å²) in [5.41, 5.74) is 0. The van der Waals surface area contributed by atoms with E-state index in [-0.39, 0.29) is 19.7 Å². The maximum atomic E-state index is 12.2. The van der Waals surface area contributed by atoms with Gasteiger partial charge in [-0.2, -0.15) is 17.0 Å². The van der Waals surface area contributed by atoms with E-state index in [1.165, 1.54) is 8.61 Å². The Hall–Kier alpha value is -0.700. The van der Waals surface area contributed by atoms with E-state index >= 15 is 0 Å². The molecule has 104 valence electrons. The topological polar surface area (TPSA) is 87.2 Å². The van der Waals surface area contributed by atoms with Gasteiger partial charge in [-0.1, -0.05) is 0 Å². The van der Waals surface area contributed by atoms with Gasteiger partial charge in [-0.05, 0) is 19.8 Å². The second-order valence-corrected chi connectivity index (χ2v) is 6.38. The van der Waals surface area contributed by atoms with Crippen molar-refractivity contribution in [2.75, 3.05) is 26.2 Å². The molecule has 0 bridgehead atoms. The van der Waals surface area contributed by atoms with Crippen LogP contribution in [0.4, 0.5) is 0 Å². The van der Waals surface area contributed by atoms with Crippen molar-refractivity contribution in [3.63, 3.8) is 0 Å². The molecule has 2 aliphatic rings. The van der Waals surface area contributed by atoms with Gasteiger partial charge in [0.1, 0.15) is 6.04 Å². The highest BCUT2D eigenvalue weighted by atomic mass is 32.2. The summed E-state index contributed by atoms with van der Waals surface area (Å²) in [7, 11) is -3.64. The van der Waals surface area contributed by atoms with Crippen molar-refractivity contribution in [3.05, 3.63) is 0 Å². The predicted octanol–water partition coefficient (Wildman–Crippen LogP) is -1.06. The van der Waals surface area contributed by atoms with Gasteiger partial charge in [0.15, 0.2) is 0 Å². The van der Waals surface area contributed by atoms with Gasteiger partial charge in [0.05, 0.1) is 12.7 Å². The normalized spacial score (nSPS) is 27.1. The van der Waals surface area contributed by atoms with E-state index in [9.17, 15) is 13.2 Å². The van der Waals surface area contributed by atoms with Gasteiger partial charge in [-0.25, -0.2) is 0 Å². The van der Waals surface area contributed by atoms with Crippen molar-refractivity contribution >= 4 is 16.2 Å². The van der Waals surface area contributed by atoms with E-state index in [1.54, 1.807) is 6.92 Å². The van der Waals surface area contributed by atoms with Crippen LogP contribution in [0.1, 0.15) is 19.8 Å². The minimum atomic E-state index is -3.64. The Labute approximate surface area is 106 Å². The van der Waals surface area contributed by atoms with Gasteiger partial charge in [0, 0.05) is 19.6 Å². The molecule has 7 nitrogen and oxygen atoms in total. The monoisotopic (exact) mass is 278 g/mol. The first-order chi connectivity index (χ1) is 8.46. The minimum absolute atomic E-state index is 0.106. The van der Waals surface area contributed by atoms with Gasteiger partial charge < -0.3 is 9.84 Å². The highest BCUT2D eigenvalue weighted by Crippen LogP contribution is 2.26. The molecule has 1 atom stereocenters. The molecule has 1 N–H and O–H groups in total. The summed E-state index contributed by atoms with van der Waals surface area (Å²) < 4.78 is 31.7. The largest absolute Gasteiger partial charge is 0.465 e. The maximum absolute atomic E-state index is 12.2. The molecular formula is C10H18N2O5S. The molecule has 0 amide bonds. The summed E-state index contributed by atoms with van der Waals surface area (Å²) in [6, 6.07) is -0.715. The summed E-state index contributed by atoms with van der Waals surface area (Å²) in [4.78, 5) is 11.7. The number of rotatable bonds is 4. The fourth-order valence-corrected chi connectivity index (χ4v) is 4.13. The quantitative estimate of drug-likeness (QED) is 0.662. The highest BCUT2D eigenvalue weighted by Gasteiger charge is 2.45. The fraction of sp³-hybridized carbons (Fsp3) is 0.900. The molecule has 0 radical (unpaired) electrons. The Morgan fingerprint density at radius 3 is 2.67 bits per heavy atom. The summed E-state index contributed by atoms with van der Waals surface area (Å²) >= 11 is 0.